The van der Waals surface area contributed by atoms with Crippen molar-refractivity contribution in [1.29, 1.82) is 0 Å². The quantitative estimate of drug-likeness (QED) is 0.625. The summed E-state index contributed by atoms with van der Waals surface area (Å²) in [6, 6.07) is 3.71. The summed E-state index contributed by atoms with van der Waals surface area (Å²) in [5, 5.41) is 11.6. The Morgan fingerprint density at radius 1 is 1.32 bits per heavy atom. The summed E-state index contributed by atoms with van der Waals surface area (Å²) in [7, 11) is 0. The molecule has 4 rings (SSSR count). The van der Waals surface area contributed by atoms with E-state index in [1.165, 1.54) is 15.9 Å². The predicted molar refractivity (Wildman–Crippen MR) is 84.2 cm³/mol. The molecule has 0 atom stereocenters. The molecule has 0 saturated carbocycles. The van der Waals surface area contributed by atoms with Gasteiger partial charge in [-0.2, -0.15) is 16.3 Å². The van der Waals surface area contributed by atoms with Crippen molar-refractivity contribution in [2.45, 2.75) is 0 Å². The molecule has 4 aromatic heterocycles. The van der Waals surface area contributed by atoms with E-state index in [-0.39, 0.29) is 11.9 Å². The molecular formula is C13H8N6OS2. The average molecular weight is 328 g/mol. The lowest BCUT2D eigenvalue weighted by molar-refractivity contribution is 0.102. The highest BCUT2D eigenvalue weighted by Gasteiger charge is 2.14. The van der Waals surface area contributed by atoms with Crippen LogP contribution >= 0.6 is 22.7 Å². The number of carbonyl (C=O) groups excluding carboxylic acids is 1. The Balaban J connectivity index is 1.57. The van der Waals surface area contributed by atoms with Crippen LogP contribution in [0.5, 0.6) is 0 Å². The van der Waals surface area contributed by atoms with Gasteiger partial charge in [0, 0.05) is 23.3 Å². The van der Waals surface area contributed by atoms with Crippen LogP contribution in [0.2, 0.25) is 0 Å². The molecule has 0 unspecified atom stereocenters. The summed E-state index contributed by atoms with van der Waals surface area (Å²) in [5.74, 6) is 0.366. The highest BCUT2D eigenvalue weighted by Crippen LogP contribution is 2.27. The van der Waals surface area contributed by atoms with Crippen LogP contribution in [-0.2, 0) is 0 Å². The molecule has 1 N–H and O–H groups in total. The largest absolute Gasteiger partial charge is 0.288 e. The molecular weight excluding hydrogens is 320 g/mol. The monoisotopic (exact) mass is 328 g/mol. The second-order valence-corrected chi connectivity index (χ2v) is 6.11. The van der Waals surface area contributed by atoms with E-state index in [1.807, 2.05) is 16.8 Å². The van der Waals surface area contributed by atoms with Crippen molar-refractivity contribution in [3.63, 3.8) is 0 Å². The van der Waals surface area contributed by atoms with Gasteiger partial charge in [-0.1, -0.05) is 0 Å². The van der Waals surface area contributed by atoms with E-state index in [0.29, 0.717) is 10.7 Å². The number of carbonyl (C=O) groups is 1. The van der Waals surface area contributed by atoms with Crippen molar-refractivity contribution in [3.8, 4) is 10.6 Å². The molecule has 0 aliphatic heterocycles. The SMILES string of the molecule is O=C(Nc1nc2ncccn2n1)c1cnc(-c2ccsc2)s1. The molecule has 0 aliphatic carbocycles. The van der Waals surface area contributed by atoms with Crippen molar-refractivity contribution in [3.05, 3.63) is 46.4 Å². The van der Waals surface area contributed by atoms with Crippen LogP contribution in [0, 0.1) is 0 Å². The Bertz CT molecular complexity index is 909. The smallest absolute Gasteiger partial charge is 0.269 e. The minimum Gasteiger partial charge on any atom is -0.288 e. The lowest BCUT2D eigenvalue weighted by Crippen LogP contribution is -2.11. The van der Waals surface area contributed by atoms with Gasteiger partial charge in [0.05, 0.1) is 6.20 Å². The summed E-state index contributed by atoms with van der Waals surface area (Å²) in [5.41, 5.74) is 1.02. The maximum atomic E-state index is 12.2. The number of amides is 1. The number of hydrogen-bond acceptors (Lipinski definition) is 7. The minimum absolute atomic E-state index is 0.217. The average Bonchev–Trinajstić information content (AvgIpc) is 3.26. The molecule has 0 radical (unpaired) electrons. The number of nitrogens with zero attached hydrogens (tertiary/aromatic N) is 5. The summed E-state index contributed by atoms with van der Waals surface area (Å²) in [6.07, 6.45) is 4.89. The van der Waals surface area contributed by atoms with Crippen LogP contribution in [0.1, 0.15) is 9.67 Å². The molecule has 0 fully saturated rings. The van der Waals surface area contributed by atoms with E-state index in [2.05, 4.69) is 25.4 Å². The second kappa shape index (κ2) is 5.28. The first-order valence-electron chi connectivity index (χ1n) is 6.27. The highest BCUT2D eigenvalue weighted by molar-refractivity contribution is 7.17. The van der Waals surface area contributed by atoms with Crippen molar-refractivity contribution in [2.75, 3.05) is 5.32 Å². The van der Waals surface area contributed by atoms with Crippen molar-refractivity contribution in [2.24, 2.45) is 0 Å². The van der Waals surface area contributed by atoms with Crippen LogP contribution in [0.25, 0.3) is 16.3 Å². The third kappa shape index (κ3) is 2.36. The second-order valence-electron chi connectivity index (χ2n) is 4.30. The standard InChI is InChI=1S/C13H8N6OS2/c20-10(9-6-15-11(22-9)8-2-5-21-7-8)16-12-17-13-14-3-1-4-19(13)18-12/h1-7H,(H,16,18,20). The Labute approximate surface area is 132 Å². The lowest BCUT2D eigenvalue weighted by atomic mass is 10.4. The van der Waals surface area contributed by atoms with Crippen molar-refractivity contribution >= 4 is 40.3 Å². The molecule has 7 nitrogen and oxygen atoms in total. The minimum atomic E-state index is -0.283. The Hall–Kier alpha value is -2.65. The number of thiazole rings is 1. The first-order chi connectivity index (χ1) is 10.8. The third-order valence-corrected chi connectivity index (χ3v) is 4.57. The molecule has 4 heterocycles. The fraction of sp³-hybridized carbons (Fsp3) is 0. The zero-order chi connectivity index (χ0) is 14.9. The van der Waals surface area contributed by atoms with E-state index in [1.54, 1.807) is 36.0 Å². The number of rotatable bonds is 3. The van der Waals surface area contributed by atoms with Gasteiger partial charge in [-0.3, -0.25) is 10.1 Å². The zero-order valence-corrected chi connectivity index (χ0v) is 12.6. The number of anilines is 1. The van der Waals surface area contributed by atoms with E-state index in [0.717, 1.165) is 10.6 Å². The van der Waals surface area contributed by atoms with E-state index in [9.17, 15) is 4.79 Å². The van der Waals surface area contributed by atoms with Gasteiger partial charge >= 0.3 is 0 Å². The van der Waals surface area contributed by atoms with Crippen LogP contribution in [0.3, 0.4) is 0 Å². The molecule has 0 aliphatic rings. The van der Waals surface area contributed by atoms with Gasteiger partial charge in [0.25, 0.3) is 17.6 Å². The van der Waals surface area contributed by atoms with E-state index < -0.39 is 0 Å². The lowest BCUT2D eigenvalue weighted by Gasteiger charge is -1.95. The topological polar surface area (TPSA) is 85.1 Å². The summed E-state index contributed by atoms with van der Waals surface area (Å²) < 4.78 is 1.50. The number of hydrogen-bond donors (Lipinski definition) is 1. The number of nitrogens with one attached hydrogen (secondary N) is 1. The van der Waals surface area contributed by atoms with Gasteiger partial charge in [-0.05, 0) is 17.5 Å². The first kappa shape index (κ1) is 13.0. The molecule has 0 bridgehead atoms. The van der Waals surface area contributed by atoms with Crippen molar-refractivity contribution in [1.82, 2.24) is 24.6 Å². The fourth-order valence-corrected chi connectivity index (χ4v) is 3.37. The van der Waals surface area contributed by atoms with Gasteiger partial charge in [0.15, 0.2) is 0 Å². The third-order valence-electron chi connectivity index (χ3n) is 2.84. The van der Waals surface area contributed by atoms with Crippen LogP contribution < -0.4 is 5.32 Å². The highest BCUT2D eigenvalue weighted by atomic mass is 32.1. The predicted octanol–water partition coefficient (Wildman–Crippen LogP) is 2.56. The molecule has 4 aromatic rings. The molecule has 0 aromatic carbocycles. The van der Waals surface area contributed by atoms with E-state index >= 15 is 0 Å². The Kier molecular flexibility index (Phi) is 3.13. The number of thiophene rings is 1. The normalized spacial score (nSPS) is 10.9. The zero-order valence-electron chi connectivity index (χ0n) is 11.0. The summed E-state index contributed by atoms with van der Waals surface area (Å²) in [6.45, 7) is 0. The summed E-state index contributed by atoms with van der Waals surface area (Å²) in [4.78, 5) is 25.2. The van der Waals surface area contributed by atoms with Gasteiger partial charge in [0.1, 0.15) is 9.88 Å². The summed E-state index contributed by atoms with van der Waals surface area (Å²) >= 11 is 2.92. The van der Waals surface area contributed by atoms with Gasteiger partial charge in [-0.15, -0.1) is 16.4 Å². The van der Waals surface area contributed by atoms with Crippen LogP contribution in [0.4, 0.5) is 5.95 Å². The molecule has 22 heavy (non-hydrogen) atoms. The molecule has 1 amide bonds. The Morgan fingerprint density at radius 2 is 2.27 bits per heavy atom. The van der Waals surface area contributed by atoms with Crippen LogP contribution in [0.15, 0.2) is 41.5 Å². The van der Waals surface area contributed by atoms with E-state index in [4.69, 9.17) is 0 Å². The Morgan fingerprint density at radius 3 is 3.09 bits per heavy atom. The van der Waals surface area contributed by atoms with Crippen LogP contribution in [-0.4, -0.2) is 30.5 Å². The maximum absolute atomic E-state index is 12.2. The van der Waals surface area contributed by atoms with Gasteiger partial charge < -0.3 is 0 Å². The fourth-order valence-electron chi connectivity index (χ4n) is 1.85. The molecule has 9 heteroatoms. The molecule has 0 spiro atoms. The number of aromatic nitrogens is 5. The van der Waals surface area contributed by atoms with Gasteiger partial charge in [0.2, 0.25) is 0 Å². The number of fused-ring (bicyclic) bond motifs is 1. The maximum Gasteiger partial charge on any atom is 0.269 e. The molecule has 108 valence electrons. The molecule has 0 saturated heterocycles. The first-order valence-corrected chi connectivity index (χ1v) is 8.03. The van der Waals surface area contributed by atoms with Crippen molar-refractivity contribution < 1.29 is 4.79 Å². The van der Waals surface area contributed by atoms with Gasteiger partial charge in [-0.25, -0.2) is 14.5 Å².